The first-order valence-corrected chi connectivity index (χ1v) is 3.90. The van der Waals surface area contributed by atoms with E-state index >= 15 is 0 Å². The first-order chi connectivity index (χ1) is 4.24. The third-order valence-corrected chi connectivity index (χ3v) is 2.36. The Morgan fingerprint density at radius 1 is 1.78 bits per heavy atom. The van der Waals surface area contributed by atoms with Gasteiger partial charge in [0.25, 0.3) is 0 Å². The number of nitrogens with zero attached hydrogens (tertiary/aromatic N) is 1. The van der Waals surface area contributed by atoms with Crippen molar-refractivity contribution < 1.29 is 9.90 Å². The molecule has 52 valence electrons. The number of hydrogen-bond donors (Lipinski definition) is 1. The van der Waals surface area contributed by atoms with Gasteiger partial charge in [0.2, 0.25) is 0 Å². The van der Waals surface area contributed by atoms with Crippen molar-refractivity contribution in [1.29, 1.82) is 0 Å². The quantitative estimate of drug-likeness (QED) is 0.632. The standard InChI is InChI=1S/C5H8BrNO2/c6-1-4-2-7(3-4)5(8)9/h4H,1-3H2,(H,8,9). The summed E-state index contributed by atoms with van der Waals surface area (Å²) in [5.41, 5.74) is 0. The van der Waals surface area contributed by atoms with Gasteiger partial charge in [-0.15, -0.1) is 0 Å². The molecule has 1 fully saturated rings. The summed E-state index contributed by atoms with van der Waals surface area (Å²) < 4.78 is 0. The summed E-state index contributed by atoms with van der Waals surface area (Å²) in [5, 5.41) is 9.27. The number of halogens is 1. The Balaban J connectivity index is 2.19. The van der Waals surface area contributed by atoms with Crippen molar-refractivity contribution in [2.45, 2.75) is 0 Å². The minimum atomic E-state index is -0.799. The molecule has 0 atom stereocenters. The molecule has 1 aliphatic rings. The Labute approximate surface area is 61.8 Å². The maximum Gasteiger partial charge on any atom is 0.407 e. The van der Waals surface area contributed by atoms with Gasteiger partial charge in [-0.3, -0.25) is 0 Å². The summed E-state index contributed by atoms with van der Waals surface area (Å²) in [6.07, 6.45) is -0.799. The fourth-order valence-corrected chi connectivity index (χ4v) is 1.23. The van der Waals surface area contributed by atoms with Crippen LogP contribution in [0.25, 0.3) is 0 Å². The van der Waals surface area contributed by atoms with Crippen LogP contribution in [0.4, 0.5) is 4.79 Å². The van der Waals surface area contributed by atoms with Gasteiger partial charge in [0.1, 0.15) is 0 Å². The Morgan fingerprint density at radius 2 is 2.33 bits per heavy atom. The molecule has 0 aromatic heterocycles. The summed E-state index contributed by atoms with van der Waals surface area (Å²) in [6, 6.07) is 0. The molecule has 1 aliphatic heterocycles. The zero-order valence-electron chi connectivity index (χ0n) is 4.88. The monoisotopic (exact) mass is 193 g/mol. The third-order valence-electron chi connectivity index (χ3n) is 1.45. The number of alkyl halides is 1. The highest BCUT2D eigenvalue weighted by atomic mass is 79.9. The molecule has 0 bridgehead atoms. The maximum absolute atomic E-state index is 10.2. The summed E-state index contributed by atoms with van der Waals surface area (Å²) >= 11 is 3.28. The Morgan fingerprint density at radius 3 is 2.67 bits per heavy atom. The number of rotatable bonds is 1. The fraction of sp³-hybridized carbons (Fsp3) is 0.800. The molecule has 1 saturated heterocycles. The molecule has 0 spiro atoms. The van der Waals surface area contributed by atoms with Crippen LogP contribution in [-0.2, 0) is 0 Å². The Kier molecular flexibility index (Phi) is 1.95. The van der Waals surface area contributed by atoms with Gasteiger partial charge in [0.15, 0.2) is 0 Å². The summed E-state index contributed by atoms with van der Waals surface area (Å²) in [7, 11) is 0. The maximum atomic E-state index is 10.2. The van der Waals surface area contributed by atoms with Crippen LogP contribution in [0.5, 0.6) is 0 Å². The molecular formula is C5H8BrNO2. The van der Waals surface area contributed by atoms with Gasteiger partial charge in [-0.2, -0.15) is 0 Å². The zero-order chi connectivity index (χ0) is 6.85. The molecule has 3 nitrogen and oxygen atoms in total. The molecule has 0 unspecified atom stereocenters. The van der Waals surface area contributed by atoms with E-state index in [1.165, 1.54) is 4.90 Å². The van der Waals surface area contributed by atoms with E-state index < -0.39 is 6.09 Å². The van der Waals surface area contributed by atoms with Crippen LogP contribution < -0.4 is 0 Å². The fourth-order valence-electron chi connectivity index (χ4n) is 0.824. The SMILES string of the molecule is O=C(O)N1CC(CBr)C1. The molecule has 1 rings (SSSR count). The predicted molar refractivity (Wildman–Crippen MR) is 36.9 cm³/mol. The van der Waals surface area contributed by atoms with Crippen molar-refractivity contribution in [1.82, 2.24) is 4.90 Å². The van der Waals surface area contributed by atoms with Crippen LogP contribution in [0.2, 0.25) is 0 Å². The molecule has 0 saturated carbocycles. The van der Waals surface area contributed by atoms with Crippen molar-refractivity contribution >= 4 is 22.0 Å². The third kappa shape index (κ3) is 1.36. The van der Waals surface area contributed by atoms with Crippen molar-refractivity contribution in [3.8, 4) is 0 Å². The lowest BCUT2D eigenvalue weighted by Gasteiger charge is -2.35. The Hall–Kier alpha value is -0.250. The predicted octanol–water partition coefficient (Wildman–Crippen LogP) is 0.991. The molecule has 1 N–H and O–H groups in total. The van der Waals surface area contributed by atoms with Crippen molar-refractivity contribution in [3.05, 3.63) is 0 Å². The number of amides is 1. The van der Waals surface area contributed by atoms with Crippen molar-refractivity contribution in [2.75, 3.05) is 18.4 Å². The van der Waals surface area contributed by atoms with Crippen LogP contribution in [0.3, 0.4) is 0 Å². The van der Waals surface area contributed by atoms with E-state index in [0.29, 0.717) is 19.0 Å². The minimum Gasteiger partial charge on any atom is -0.465 e. The van der Waals surface area contributed by atoms with Crippen LogP contribution in [0, 0.1) is 5.92 Å². The lowest BCUT2D eigenvalue weighted by Crippen LogP contribution is -2.49. The molecule has 0 aliphatic carbocycles. The molecule has 0 aromatic rings. The lowest BCUT2D eigenvalue weighted by atomic mass is 10.0. The number of likely N-dealkylation sites (tertiary alicyclic amines) is 1. The van der Waals surface area contributed by atoms with Gasteiger partial charge in [-0.05, 0) is 0 Å². The number of carbonyl (C=O) groups is 1. The van der Waals surface area contributed by atoms with Gasteiger partial charge in [-0.1, -0.05) is 15.9 Å². The largest absolute Gasteiger partial charge is 0.465 e. The van der Waals surface area contributed by atoms with E-state index in [0.717, 1.165) is 5.33 Å². The summed E-state index contributed by atoms with van der Waals surface area (Å²) in [5.74, 6) is 0.543. The van der Waals surface area contributed by atoms with Gasteiger partial charge in [0, 0.05) is 24.3 Å². The molecular weight excluding hydrogens is 186 g/mol. The second-order valence-corrected chi connectivity index (χ2v) is 2.86. The van der Waals surface area contributed by atoms with Crippen LogP contribution in [0.15, 0.2) is 0 Å². The highest BCUT2D eigenvalue weighted by Gasteiger charge is 2.28. The van der Waals surface area contributed by atoms with E-state index in [9.17, 15) is 4.79 Å². The average molecular weight is 194 g/mol. The molecule has 4 heteroatoms. The number of hydrogen-bond acceptors (Lipinski definition) is 1. The molecule has 1 heterocycles. The van der Waals surface area contributed by atoms with Crippen LogP contribution in [0.1, 0.15) is 0 Å². The van der Waals surface area contributed by atoms with Crippen molar-refractivity contribution in [3.63, 3.8) is 0 Å². The normalized spacial score (nSPS) is 19.4. The lowest BCUT2D eigenvalue weighted by molar-refractivity contribution is 0.0904. The smallest absolute Gasteiger partial charge is 0.407 e. The van der Waals surface area contributed by atoms with Gasteiger partial charge >= 0.3 is 6.09 Å². The van der Waals surface area contributed by atoms with E-state index in [-0.39, 0.29) is 0 Å². The first kappa shape index (κ1) is 6.86. The molecule has 1 amide bonds. The second-order valence-electron chi connectivity index (χ2n) is 2.21. The van der Waals surface area contributed by atoms with E-state index in [1.54, 1.807) is 0 Å². The first-order valence-electron chi connectivity index (χ1n) is 2.78. The highest BCUT2D eigenvalue weighted by Crippen LogP contribution is 2.16. The second kappa shape index (κ2) is 2.56. The number of carboxylic acid groups (broad SMARTS) is 1. The van der Waals surface area contributed by atoms with Gasteiger partial charge in [-0.25, -0.2) is 4.79 Å². The molecule has 0 aromatic carbocycles. The van der Waals surface area contributed by atoms with Crippen LogP contribution in [-0.4, -0.2) is 34.5 Å². The highest BCUT2D eigenvalue weighted by molar-refractivity contribution is 9.09. The average Bonchev–Trinajstić information content (AvgIpc) is 1.61. The van der Waals surface area contributed by atoms with Crippen molar-refractivity contribution in [2.24, 2.45) is 5.92 Å². The minimum absolute atomic E-state index is 0.543. The van der Waals surface area contributed by atoms with E-state index in [4.69, 9.17) is 5.11 Å². The zero-order valence-corrected chi connectivity index (χ0v) is 6.47. The summed E-state index contributed by atoms with van der Waals surface area (Å²) in [6.45, 7) is 1.39. The van der Waals surface area contributed by atoms with Crippen LogP contribution >= 0.6 is 15.9 Å². The summed E-state index contributed by atoms with van der Waals surface area (Å²) in [4.78, 5) is 11.6. The topological polar surface area (TPSA) is 40.5 Å². The van der Waals surface area contributed by atoms with Gasteiger partial charge < -0.3 is 10.0 Å². The molecule has 0 radical (unpaired) electrons. The van der Waals surface area contributed by atoms with E-state index in [2.05, 4.69) is 15.9 Å². The molecule has 9 heavy (non-hydrogen) atoms. The van der Waals surface area contributed by atoms with Gasteiger partial charge in [0.05, 0.1) is 0 Å². The Bertz CT molecular complexity index is 122. The van der Waals surface area contributed by atoms with E-state index in [1.807, 2.05) is 0 Å².